The molecule has 0 bridgehead atoms. The van der Waals surface area contributed by atoms with Crippen LogP contribution in [0, 0.1) is 0 Å². The Kier molecular flexibility index (Phi) is 9.35. The van der Waals surface area contributed by atoms with E-state index < -0.39 is 0 Å². The first kappa shape index (κ1) is 29.0. The Morgan fingerprint density at radius 3 is 0.925 bits per heavy atom. The van der Waals surface area contributed by atoms with Crippen LogP contribution in [0.5, 0.6) is 34.5 Å². The van der Waals surface area contributed by atoms with Crippen molar-refractivity contribution in [1.29, 1.82) is 0 Å². The molecule has 0 heterocycles. The van der Waals surface area contributed by atoms with Crippen LogP contribution < -0.4 is 28.4 Å². The molecule has 0 fully saturated rings. The van der Waals surface area contributed by atoms with E-state index in [1.807, 2.05) is 72.8 Å². The van der Waals surface area contributed by atoms with Gasteiger partial charge in [-0.15, -0.1) is 0 Å². The molecule has 0 amide bonds. The van der Waals surface area contributed by atoms with E-state index >= 15 is 0 Å². The summed E-state index contributed by atoms with van der Waals surface area (Å²) in [7, 11) is 9.50. The normalized spacial score (nSPS) is 11.3. The monoisotopic (exact) mass is 580 g/mol. The van der Waals surface area contributed by atoms with E-state index in [9.17, 15) is 0 Å². The molecule has 8 heteroatoms. The van der Waals surface area contributed by atoms with Crippen molar-refractivity contribution in [3.63, 3.8) is 0 Å². The van der Waals surface area contributed by atoms with Gasteiger partial charge in [0.2, 0.25) is 11.5 Å². The number of hydrogen-bond acceptors (Lipinski definition) is 6. The van der Waals surface area contributed by atoms with Gasteiger partial charge in [0.05, 0.1) is 42.7 Å². The number of rotatable bonds is 10. The Hall–Kier alpha value is -4.00. The second-order valence-electron chi connectivity index (χ2n) is 8.68. The van der Waals surface area contributed by atoms with Gasteiger partial charge in [0.15, 0.2) is 23.0 Å². The van der Waals surface area contributed by atoms with Gasteiger partial charge in [0.1, 0.15) is 0 Å². The van der Waals surface area contributed by atoms with Gasteiger partial charge in [0.25, 0.3) is 0 Å². The van der Waals surface area contributed by atoms with Crippen molar-refractivity contribution in [3.05, 3.63) is 80.8 Å². The Balaban J connectivity index is 1.66. The van der Waals surface area contributed by atoms with E-state index in [-0.39, 0.29) is 0 Å². The van der Waals surface area contributed by atoms with Gasteiger partial charge < -0.3 is 28.4 Å². The van der Waals surface area contributed by atoms with Crippen LogP contribution in [0.4, 0.5) is 0 Å². The largest absolute Gasteiger partial charge is 0.493 e. The third kappa shape index (κ3) is 6.09. The lowest BCUT2D eigenvalue weighted by molar-refractivity contribution is 0.324. The quantitative estimate of drug-likeness (QED) is 0.175. The molecule has 4 aromatic rings. The number of hydrogen-bond donors (Lipinski definition) is 0. The highest BCUT2D eigenvalue weighted by Crippen LogP contribution is 2.40. The van der Waals surface area contributed by atoms with E-state index in [1.54, 1.807) is 42.7 Å². The van der Waals surface area contributed by atoms with Crippen LogP contribution in [0.25, 0.3) is 35.1 Å². The maximum atomic E-state index is 6.73. The van der Waals surface area contributed by atoms with Crippen molar-refractivity contribution >= 4 is 58.3 Å². The summed E-state index contributed by atoms with van der Waals surface area (Å²) in [6.07, 6.45) is 7.82. The molecule has 0 aliphatic rings. The second kappa shape index (κ2) is 12.9. The summed E-state index contributed by atoms with van der Waals surface area (Å²) in [4.78, 5) is 0. The summed E-state index contributed by atoms with van der Waals surface area (Å²) in [6, 6.07) is 15.3. The number of methoxy groups -OCH3 is 6. The van der Waals surface area contributed by atoms with Crippen molar-refractivity contribution in [3.8, 4) is 34.5 Å². The minimum absolute atomic E-state index is 0.540. The molecule has 0 saturated heterocycles. The van der Waals surface area contributed by atoms with Gasteiger partial charge in [-0.05, 0) is 70.8 Å². The number of ether oxygens (including phenoxy) is 6. The van der Waals surface area contributed by atoms with Gasteiger partial charge in [-0.1, -0.05) is 47.5 Å². The lowest BCUT2D eigenvalue weighted by atomic mass is 10.0. The third-order valence-corrected chi connectivity index (χ3v) is 6.95. The van der Waals surface area contributed by atoms with Crippen LogP contribution in [0.15, 0.2) is 48.5 Å². The van der Waals surface area contributed by atoms with Gasteiger partial charge >= 0.3 is 0 Å². The van der Waals surface area contributed by atoms with Crippen LogP contribution in [-0.4, -0.2) is 42.7 Å². The fourth-order valence-corrected chi connectivity index (χ4v) is 4.95. The minimum Gasteiger partial charge on any atom is -0.493 e. The zero-order chi connectivity index (χ0) is 28.8. The highest BCUT2D eigenvalue weighted by atomic mass is 35.5. The van der Waals surface area contributed by atoms with Gasteiger partial charge in [-0.2, -0.15) is 0 Å². The van der Waals surface area contributed by atoms with E-state index in [4.69, 9.17) is 51.6 Å². The van der Waals surface area contributed by atoms with Crippen LogP contribution in [0.3, 0.4) is 0 Å². The lowest BCUT2D eigenvalue weighted by Gasteiger charge is -2.13. The second-order valence-corrected chi connectivity index (χ2v) is 9.50. The molecule has 0 N–H and O–H groups in total. The first-order valence-electron chi connectivity index (χ1n) is 12.2. The molecule has 0 aliphatic carbocycles. The first-order chi connectivity index (χ1) is 19.3. The van der Waals surface area contributed by atoms with E-state index in [0.717, 1.165) is 33.0 Å². The maximum Gasteiger partial charge on any atom is 0.203 e. The highest BCUT2D eigenvalue weighted by Gasteiger charge is 2.14. The molecule has 0 spiro atoms. The SMILES string of the molecule is COc1cc(C=Cc2cc(Cl)c3cc(C=Cc4cc(OC)c(OC)c(OC)c4)cc(Cl)c3c2)cc(OC)c1OC. The Morgan fingerprint density at radius 1 is 0.400 bits per heavy atom. The molecular formula is C32H30Cl2O6. The van der Waals surface area contributed by atoms with Gasteiger partial charge in [-0.3, -0.25) is 0 Å². The summed E-state index contributed by atoms with van der Waals surface area (Å²) in [5.74, 6) is 3.39. The van der Waals surface area contributed by atoms with Crippen molar-refractivity contribution in [2.24, 2.45) is 0 Å². The third-order valence-electron chi connectivity index (χ3n) is 6.32. The van der Waals surface area contributed by atoms with Crippen molar-refractivity contribution < 1.29 is 28.4 Å². The average Bonchev–Trinajstić information content (AvgIpc) is 2.98. The molecular weight excluding hydrogens is 551 g/mol. The predicted molar refractivity (Wildman–Crippen MR) is 164 cm³/mol. The molecule has 40 heavy (non-hydrogen) atoms. The molecule has 0 unspecified atom stereocenters. The van der Waals surface area contributed by atoms with Crippen LogP contribution in [-0.2, 0) is 0 Å². The highest BCUT2D eigenvalue weighted by molar-refractivity contribution is 6.40. The average molecular weight is 581 g/mol. The van der Waals surface area contributed by atoms with Crippen molar-refractivity contribution in [1.82, 2.24) is 0 Å². The van der Waals surface area contributed by atoms with E-state index in [0.29, 0.717) is 44.5 Å². The predicted octanol–water partition coefficient (Wildman–Crippen LogP) is 8.54. The minimum atomic E-state index is 0.540. The van der Waals surface area contributed by atoms with Gasteiger partial charge in [-0.25, -0.2) is 0 Å². The number of halogens is 2. The summed E-state index contributed by atoms with van der Waals surface area (Å²) < 4.78 is 32.6. The molecule has 0 atom stereocenters. The first-order valence-corrected chi connectivity index (χ1v) is 13.0. The fraction of sp³-hybridized carbons (Fsp3) is 0.188. The standard InChI is InChI=1S/C32H30Cl2O6/c1-35-27-15-21(16-28(36-2)31(27)39-5)9-7-19-11-23-24(25(33)13-19)12-20(14-26(23)34)8-10-22-17-29(37-3)32(40-6)30(18-22)38-4/h7-18H,1-6H3. The van der Waals surface area contributed by atoms with Crippen molar-refractivity contribution in [2.45, 2.75) is 0 Å². The Labute approximate surface area is 244 Å². The molecule has 6 nitrogen and oxygen atoms in total. The molecule has 0 saturated carbocycles. The molecule has 0 radical (unpaired) electrons. The van der Waals surface area contributed by atoms with E-state index in [2.05, 4.69) is 0 Å². The smallest absolute Gasteiger partial charge is 0.203 e. The van der Waals surface area contributed by atoms with Crippen LogP contribution in [0.2, 0.25) is 10.0 Å². The molecule has 0 aliphatic heterocycles. The zero-order valence-electron chi connectivity index (χ0n) is 23.1. The number of fused-ring (bicyclic) bond motifs is 1. The summed E-state index contributed by atoms with van der Waals surface area (Å²) in [5.41, 5.74) is 3.55. The Morgan fingerprint density at radius 2 is 0.675 bits per heavy atom. The van der Waals surface area contributed by atoms with Crippen LogP contribution in [0.1, 0.15) is 22.3 Å². The van der Waals surface area contributed by atoms with Crippen LogP contribution >= 0.6 is 23.2 Å². The molecule has 0 aromatic heterocycles. The topological polar surface area (TPSA) is 55.4 Å². The van der Waals surface area contributed by atoms with Crippen molar-refractivity contribution in [2.75, 3.05) is 42.7 Å². The molecule has 4 rings (SSSR count). The lowest BCUT2D eigenvalue weighted by Crippen LogP contribution is -1.95. The van der Waals surface area contributed by atoms with Gasteiger partial charge in [0, 0.05) is 20.8 Å². The summed E-state index contributed by atoms with van der Waals surface area (Å²) in [5, 5.41) is 2.88. The maximum absolute atomic E-state index is 6.73. The molecule has 208 valence electrons. The summed E-state index contributed by atoms with van der Waals surface area (Å²) >= 11 is 13.5. The Bertz CT molecular complexity index is 1420. The fourth-order valence-electron chi connectivity index (χ4n) is 4.39. The van der Waals surface area contributed by atoms with E-state index in [1.165, 1.54) is 0 Å². The summed E-state index contributed by atoms with van der Waals surface area (Å²) in [6.45, 7) is 0. The number of benzene rings is 4. The zero-order valence-corrected chi connectivity index (χ0v) is 24.6. The molecule has 4 aromatic carbocycles.